The fourth-order valence-corrected chi connectivity index (χ4v) is 1.29. The Morgan fingerprint density at radius 1 is 1.13 bits per heavy atom. The summed E-state index contributed by atoms with van der Waals surface area (Å²) in [5, 5.41) is 17.9. The van der Waals surface area contributed by atoms with E-state index < -0.39 is 29.2 Å². The fourth-order valence-electron chi connectivity index (χ4n) is 1.29. The standard InChI is InChI=1S/C9H4O6/c10-6-2-4-3(1-5(6)7(11)12)8(13)15-9(4)14/h1-2,10H,(H,11,12). The first-order valence-electron chi connectivity index (χ1n) is 3.87. The topological polar surface area (TPSA) is 101 Å². The van der Waals surface area contributed by atoms with Crippen LogP contribution in [-0.4, -0.2) is 28.1 Å². The molecule has 0 saturated heterocycles. The normalized spacial score (nSPS) is 13.6. The number of carbonyl (C=O) groups excluding carboxylic acids is 2. The number of carboxylic acid groups (broad SMARTS) is 1. The van der Waals surface area contributed by atoms with Crippen molar-refractivity contribution in [2.45, 2.75) is 0 Å². The molecule has 0 aromatic heterocycles. The molecule has 1 heterocycles. The zero-order valence-corrected chi connectivity index (χ0v) is 7.18. The number of cyclic esters (lactones) is 2. The van der Waals surface area contributed by atoms with Crippen molar-refractivity contribution in [3.63, 3.8) is 0 Å². The van der Waals surface area contributed by atoms with Gasteiger partial charge in [0.1, 0.15) is 11.3 Å². The number of phenols is 1. The van der Waals surface area contributed by atoms with Crippen LogP contribution in [0.15, 0.2) is 12.1 Å². The van der Waals surface area contributed by atoms with Crippen LogP contribution >= 0.6 is 0 Å². The molecular formula is C9H4O6. The molecule has 76 valence electrons. The van der Waals surface area contributed by atoms with Crippen LogP contribution in [0.1, 0.15) is 31.1 Å². The van der Waals surface area contributed by atoms with E-state index in [4.69, 9.17) is 5.11 Å². The third-order valence-corrected chi connectivity index (χ3v) is 1.99. The van der Waals surface area contributed by atoms with Crippen molar-refractivity contribution in [3.8, 4) is 5.75 Å². The molecule has 0 fully saturated rings. The highest BCUT2D eigenvalue weighted by atomic mass is 16.6. The Bertz CT molecular complexity index is 502. The summed E-state index contributed by atoms with van der Waals surface area (Å²) >= 11 is 0. The summed E-state index contributed by atoms with van der Waals surface area (Å²) in [5.41, 5.74) is -0.710. The van der Waals surface area contributed by atoms with Gasteiger partial charge in [0.15, 0.2) is 0 Å². The highest BCUT2D eigenvalue weighted by Gasteiger charge is 2.32. The van der Waals surface area contributed by atoms with E-state index in [1.165, 1.54) is 0 Å². The molecule has 0 aliphatic carbocycles. The Labute approximate surface area is 82.7 Å². The Morgan fingerprint density at radius 3 is 2.20 bits per heavy atom. The van der Waals surface area contributed by atoms with Gasteiger partial charge in [0.25, 0.3) is 0 Å². The van der Waals surface area contributed by atoms with E-state index >= 15 is 0 Å². The molecule has 0 spiro atoms. The number of aromatic carboxylic acids is 1. The number of rotatable bonds is 1. The molecule has 6 nitrogen and oxygen atoms in total. The molecule has 0 bridgehead atoms. The summed E-state index contributed by atoms with van der Waals surface area (Å²) in [5.74, 6) is -3.75. The first-order chi connectivity index (χ1) is 7.00. The number of carboxylic acids is 1. The summed E-state index contributed by atoms with van der Waals surface area (Å²) in [6, 6.07) is 1.83. The fraction of sp³-hybridized carbons (Fsp3) is 0. The maximum absolute atomic E-state index is 11.0. The molecular weight excluding hydrogens is 204 g/mol. The summed E-state index contributed by atoms with van der Waals surface area (Å²) in [6.07, 6.45) is 0. The predicted molar refractivity (Wildman–Crippen MR) is 44.8 cm³/mol. The highest BCUT2D eigenvalue weighted by molar-refractivity contribution is 6.16. The van der Waals surface area contributed by atoms with Gasteiger partial charge in [-0.2, -0.15) is 0 Å². The SMILES string of the molecule is O=C(O)c1cc2c(cc1O)C(=O)OC2=O. The highest BCUT2D eigenvalue weighted by Crippen LogP contribution is 2.27. The minimum absolute atomic E-state index is 0.123. The number of benzene rings is 1. The van der Waals surface area contributed by atoms with Crippen LogP contribution in [0, 0.1) is 0 Å². The molecule has 0 radical (unpaired) electrons. The number of esters is 2. The van der Waals surface area contributed by atoms with Gasteiger partial charge < -0.3 is 14.9 Å². The van der Waals surface area contributed by atoms with Crippen LogP contribution in [0.25, 0.3) is 0 Å². The lowest BCUT2D eigenvalue weighted by atomic mass is 10.0. The second kappa shape index (κ2) is 2.81. The molecule has 1 aromatic rings. The van der Waals surface area contributed by atoms with Crippen molar-refractivity contribution < 1.29 is 29.3 Å². The van der Waals surface area contributed by atoms with Crippen molar-refractivity contribution in [2.24, 2.45) is 0 Å². The Balaban J connectivity index is 2.70. The number of carbonyl (C=O) groups is 3. The molecule has 0 atom stereocenters. The average molecular weight is 208 g/mol. The zero-order chi connectivity index (χ0) is 11.2. The van der Waals surface area contributed by atoms with Gasteiger partial charge in [0.05, 0.1) is 11.1 Å². The zero-order valence-electron chi connectivity index (χ0n) is 7.18. The lowest BCUT2D eigenvalue weighted by molar-refractivity contribution is 0.0443. The first kappa shape index (κ1) is 9.20. The number of ether oxygens (including phenoxy) is 1. The summed E-state index contributed by atoms with van der Waals surface area (Å²) in [7, 11) is 0. The van der Waals surface area contributed by atoms with E-state index in [2.05, 4.69) is 4.74 Å². The Morgan fingerprint density at radius 2 is 1.67 bits per heavy atom. The number of hydrogen-bond donors (Lipinski definition) is 2. The second-order valence-corrected chi connectivity index (χ2v) is 2.90. The molecule has 2 rings (SSSR count). The largest absolute Gasteiger partial charge is 0.507 e. The van der Waals surface area contributed by atoms with Gasteiger partial charge in [-0.05, 0) is 12.1 Å². The van der Waals surface area contributed by atoms with Crippen LogP contribution in [0.2, 0.25) is 0 Å². The molecule has 2 N–H and O–H groups in total. The number of aromatic hydroxyl groups is 1. The quantitative estimate of drug-likeness (QED) is 0.511. The van der Waals surface area contributed by atoms with Gasteiger partial charge >= 0.3 is 17.9 Å². The summed E-state index contributed by atoms with van der Waals surface area (Å²) in [6.45, 7) is 0. The van der Waals surface area contributed by atoms with Crippen LogP contribution in [0.4, 0.5) is 0 Å². The lowest BCUT2D eigenvalue weighted by Gasteiger charge is -1.99. The van der Waals surface area contributed by atoms with E-state index in [0.717, 1.165) is 12.1 Å². The minimum Gasteiger partial charge on any atom is -0.507 e. The third kappa shape index (κ3) is 1.23. The Kier molecular flexibility index (Phi) is 1.72. The molecule has 0 unspecified atom stereocenters. The summed E-state index contributed by atoms with van der Waals surface area (Å²) in [4.78, 5) is 32.7. The van der Waals surface area contributed by atoms with Crippen molar-refractivity contribution in [3.05, 3.63) is 28.8 Å². The van der Waals surface area contributed by atoms with Gasteiger partial charge in [-0.25, -0.2) is 14.4 Å². The second-order valence-electron chi connectivity index (χ2n) is 2.90. The van der Waals surface area contributed by atoms with Crippen LogP contribution in [-0.2, 0) is 4.74 Å². The number of fused-ring (bicyclic) bond motifs is 1. The van der Waals surface area contributed by atoms with Gasteiger partial charge in [0.2, 0.25) is 0 Å². The molecule has 1 aromatic carbocycles. The predicted octanol–water partition coefficient (Wildman–Crippen LogP) is 0.401. The van der Waals surface area contributed by atoms with Gasteiger partial charge in [-0.3, -0.25) is 0 Å². The van der Waals surface area contributed by atoms with Crippen LogP contribution in [0.3, 0.4) is 0 Å². The third-order valence-electron chi connectivity index (χ3n) is 1.99. The molecule has 15 heavy (non-hydrogen) atoms. The van der Waals surface area contributed by atoms with E-state index in [1.54, 1.807) is 0 Å². The molecule has 1 aliphatic heterocycles. The van der Waals surface area contributed by atoms with Crippen molar-refractivity contribution >= 4 is 17.9 Å². The van der Waals surface area contributed by atoms with Crippen molar-refractivity contribution in [2.75, 3.05) is 0 Å². The molecule has 6 heteroatoms. The van der Waals surface area contributed by atoms with E-state index in [1.807, 2.05) is 0 Å². The van der Waals surface area contributed by atoms with Crippen LogP contribution < -0.4 is 0 Å². The lowest BCUT2D eigenvalue weighted by Crippen LogP contribution is -2.01. The maximum atomic E-state index is 11.0. The van der Waals surface area contributed by atoms with Gasteiger partial charge in [0, 0.05) is 0 Å². The molecule has 0 saturated carbocycles. The van der Waals surface area contributed by atoms with E-state index in [9.17, 15) is 19.5 Å². The molecule has 0 amide bonds. The van der Waals surface area contributed by atoms with Gasteiger partial charge in [-0.1, -0.05) is 0 Å². The monoisotopic (exact) mass is 208 g/mol. The summed E-state index contributed by atoms with van der Waals surface area (Å²) < 4.78 is 4.24. The maximum Gasteiger partial charge on any atom is 0.347 e. The van der Waals surface area contributed by atoms with E-state index in [0.29, 0.717) is 0 Å². The number of hydrogen-bond acceptors (Lipinski definition) is 5. The van der Waals surface area contributed by atoms with E-state index in [-0.39, 0.29) is 11.1 Å². The smallest absolute Gasteiger partial charge is 0.347 e. The Hall–Kier alpha value is -2.37. The van der Waals surface area contributed by atoms with Crippen molar-refractivity contribution in [1.82, 2.24) is 0 Å². The van der Waals surface area contributed by atoms with Crippen molar-refractivity contribution in [1.29, 1.82) is 0 Å². The van der Waals surface area contributed by atoms with Crippen LogP contribution in [0.5, 0.6) is 5.75 Å². The average Bonchev–Trinajstić information content (AvgIpc) is 2.41. The molecule has 1 aliphatic rings. The van der Waals surface area contributed by atoms with Gasteiger partial charge in [-0.15, -0.1) is 0 Å². The first-order valence-corrected chi connectivity index (χ1v) is 3.87. The minimum atomic E-state index is -1.39.